The predicted octanol–water partition coefficient (Wildman–Crippen LogP) is 3.63. The number of ether oxygens (including phenoxy) is 1. The van der Waals surface area contributed by atoms with Crippen molar-refractivity contribution in [2.45, 2.75) is 25.9 Å². The van der Waals surface area contributed by atoms with Crippen LogP contribution in [0.2, 0.25) is 5.02 Å². The highest BCUT2D eigenvalue weighted by Gasteiger charge is 2.17. The van der Waals surface area contributed by atoms with Gasteiger partial charge in [0.1, 0.15) is 5.75 Å². The van der Waals surface area contributed by atoms with E-state index in [9.17, 15) is 18.8 Å². The summed E-state index contributed by atoms with van der Waals surface area (Å²) in [6.07, 6.45) is -0.415. The number of carbonyl (C=O) groups is 1. The van der Waals surface area contributed by atoms with E-state index in [2.05, 4.69) is 15.0 Å². The number of benzene rings is 2. The third-order valence-electron chi connectivity index (χ3n) is 5.28. The molecule has 2 aromatic carbocycles. The Morgan fingerprint density at radius 2 is 1.84 bits per heavy atom. The zero-order chi connectivity index (χ0) is 26.5. The van der Waals surface area contributed by atoms with Crippen molar-refractivity contribution >= 4 is 23.3 Å². The average Bonchev–Trinajstić information content (AvgIpc) is 2.83. The van der Waals surface area contributed by atoms with E-state index in [-0.39, 0.29) is 18.0 Å². The first kappa shape index (κ1) is 25.6. The zero-order valence-electron chi connectivity index (χ0n) is 19.5. The van der Waals surface area contributed by atoms with Crippen LogP contribution in [-0.4, -0.2) is 30.2 Å². The largest absolute Gasteiger partial charge is 0.481 e. The standard InChI is InChI=1S/C25H21ClFN5O5/c1-15(13-22(33)34)32-24(35)30-23(31(25(32)36)14-16-5-7-17(26)8-6-16)28-18-9-11-19(12-10-18)37-21-4-2-3-20(27)29-21/h2-12,15H,13-14H2,1H3,(H,33,34)(H,28,30,35)/t15-/m1/s1. The molecule has 0 aliphatic rings. The maximum Gasteiger partial charge on any atom is 0.335 e. The molecule has 0 aliphatic heterocycles. The van der Waals surface area contributed by atoms with Crippen LogP contribution in [0, 0.1) is 5.95 Å². The Morgan fingerprint density at radius 1 is 1.14 bits per heavy atom. The number of rotatable bonds is 8. The molecule has 4 aromatic rings. The van der Waals surface area contributed by atoms with Crippen molar-refractivity contribution in [1.29, 1.82) is 0 Å². The van der Waals surface area contributed by atoms with Gasteiger partial charge < -0.3 is 9.84 Å². The number of hydrogen-bond donors (Lipinski definition) is 2. The van der Waals surface area contributed by atoms with Crippen LogP contribution in [0.1, 0.15) is 24.9 Å². The van der Waals surface area contributed by atoms with Crippen LogP contribution in [0.4, 0.5) is 10.1 Å². The first-order valence-electron chi connectivity index (χ1n) is 11.1. The molecule has 0 saturated heterocycles. The second-order valence-electron chi connectivity index (χ2n) is 8.07. The Hall–Kier alpha value is -4.51. The molecule has 0 unspecified atom stereocenters. The summed E-state index contributed by atoms with van der Waals surface area (Å²) in [6, 6.07) is 16.4. The van der Waals surface area contributed by atoms with Gasteiger partial charge in [-0.3, -0.25) is 14.3 Å². The summed E-state index contributed by atoms with van der Waals surface area (Å²) in [4.78, 5) is 47.9. The quantitative estimate of drug-likeness (QED) is 0.338. The maximum atomic E-state index is 13.3. The van der Waals surface area contributed by atoms with Crippen LogP contribution >= 0.6 is 11.6 Å². The monoisotopic (exact) mass is 525 g/mol. The summed E-state index contributed by atoms with van der Waals surface area (Å²) >= 11 is 5.97. The Morgan fingerprint density at radius 3 is 2.49 bits per heavy atom. The number of nitrogens with one attached hydrogen (secondary N) is 1. The zero-order valence-corrected chi connectivity index (χ0v) is 20.2. The fourth-order valence-electron chi connectivity index (χ4n) is 3.54. The molecule has 0 amide bonds. The van der Waals surface area contributed by atoms with Gasteiger partial charge in [-0.05, 0) is 55.0 Å². The van der Waals surface area contributed by atoms with Crippen LogP contribution < -0.4 is 21.7 Å². The summed E-state index contributed by atoms with van der Waals surface area (Å²) in [7, 11) is 0. The van der Waals surface area contributed by atoms with Crippen molar-refractivity contribution in [2.75, 3.05) is 0 Å². The van der Waals surface area contributed by atoms with E-state index in [0.717, 1.165) is 4.57 Å². The molecule has 10 nitrogen and oxygen atoms in total. The Balaban J connectivity index is 1.75. The summed E-state index contributed by atoms with van der Waals surface area (Å²) in [5.74, 6) is -1.37. The summed E-state index contributed by atoms with van der Waals surface area (Å²) < 4.78 is 20.9. The van der Waals surface area contributed by atoms with Gasteiger partial charge in [-0.25, -0.2) is 19.1 Å². The van der Waals surface area contributed by atoms with Gasteiger partial charge in [0.2, 0.25) is 17.4 Å². The number of halogens is 2. The van der Waals surface area contributed by atoms with Gasteiger partial charge in [0, 0.05) is 11.1 Å². The van der Waals surface area contributed by atoms with Gasteiger partial charge in [-0.2, -0.15) is 9.37 Å². The molecule has 0 saturated carbocycles. The molecule has 2 aromatic heterocycles. The molecule has 2 N–H and O–H groups in total. The first-order chi connectivity index (χ1) is 17.7. The fourth-order valence-corrected chi connectivity index (χ4v) is 3.67. The molecule has 0 bridgehead atoms. The number of pyridine rings is 1. The maximum absolute atomic E-state index is 13.3. The first-order valence-corrected chi connectivity index (χ1v) is 11.4. The third kappa shape index (κ3) is 6.39. The fraction of sp³-hybridized carbons (Fsp3) is 0.160. The second kappa shape index (κ2) is 11.0. The molecule has 4 rings (SSSR count). The van der Waals surface area contributed by atoms with Crippen LogP contribution in [0.3, 0.4) is 0 Å². The number of carboxylic acid groups (broad SMARTS) is 1. The molecule has 0 radical (unpaired) electrons. The lowest BCUT2D eigenvalue weighted by Gasteiger charge is -2.15. The van der Waals surface area contributed by atoms with Crippen molar-refractivity contribution in [1.82, 2.24) is 19.1 Å². The number of aromatic amines is 1. The van der Waals surface area contributed by atoms with Gasteiger partial charge in [-0.15, -0.1) is 0 Å². The van der Waals surface area contributed by atoms with Crippen molar-refractivity contribution in [2.24, 2.45) is 4.99 Å². The van der Waals surface area contributed by atoms with Gasteiger partial charge in [-0.1, -0.05) is 29.8 Å². The van der Waals surface area contributed by atoms with Gasteiger partial charge in [0.25, 0.3) is 0 Å². The topological polar surface area (TPSA) is 132 Å². The number of carboxylic acids is 1. The van der Waals surface area contributed by atoms with E-state index < -0.39 is 35.8 Å². The van der Waals surface area contributed by atoms with Crippen molar-refractivity contribution in [3.8, 4) is 11.6 Å². The number of H-pyrrole nitrogens is 1. The Labute approximate surface area is 213 Å². The molecule has 0 aliphatic carbocycles. The lowest BCUT2D eigenvalue weighted by molar-refractivity contribution is -0.137. The van der Waals surface area contributed by atoms with E-state index in [0.29, 0.717) is 22.0 Å². The summed E-state index contributed by atoms with van der Waals surface area (Å²) in [6.45, 7) is 1.51. The van der Waals surface area contributed by atoms with Crippen molar-refractivity contribution in [3.63, 3.8) is 0 Å². The number of nitrogens with zero attached hydrogens (tertiary/aromatic N) is 4. The van der Waals surface area contributed by atoms with E-state index in [1.807, 2.05) is 0 Å². The molecule has 2 heterocycles. The molecule has 190 valence electrons. The van der Waals surface area contributed by atoms with E-state index >= 15 is 0 Å². The smallest absolute Gasteiger partial charge is 0.335 e. The Kier molecular flexibility index (Phi) is 7.63. The molecular formula is C25H21ClFN5O5. The normalized spacial score (nSPS) is 12.4. The minimum atomic E-state index is -1.15. The molecular weight excluding hydrogens is 505 g/mol. The molecule has 12 heteroatoms. The van der Waals surface area contributed by atoms with Crippen LogP contribution in [0.15, 0.2) is 81.3 Å². The molecule has 37 heavy (non-hydrogen) atoms. The Bertz CT molecular complexity index is 1610. The lowest BCUT2D eigenvalue weighted by Crippen LogP contribution is -2.51. The van der Waals surface area contributed by atoms with Crippen molar-refractivity contribution in [3.05, 3.63) is 110 Å². The van der Waals surface area contributed by atoms with Crippen LogP contribution in [0.5, 0.6) is 11.6 Å². The predicted molar refractivity (Wildman–Crippen MR) is 133 cm³/mol. The summed E-state index contributed by atoms with van der Waals surface area (Å²) in [5, 5.41) is 9.65. The van der Waals surface area contributed by atoms with Crippen LogP contribution in [-0.2, 0) is 11.3 Å². The minimum absolute atomic E-state index is 0.0378. The van der Waals surface area contributed by atoms with Gasteiger partial charge >= 0.3 is 17.3 Å². The highest BCUT2D eigenvalue weighted by atomic mass is 35.5. The number of hydrogen-bond acceptors (Lipinski definition) is 6. The number of aliphatic carboxylic acids is 1. The second-order valence-corrected chi connectivity index (χ2v) is 8.51. The summed E-state index contributed by atoms with van der Waals surface area (Å²) in [5.41, 5.74) is -0.455. The molecule has 1 atom stereocenters. The third-order valence-corrected chi connectivity index (χ3v) is 5.53. The lowest BCUT2D eigenvalue weighted by atomic mass is 10.2. The highest BCUT2D eigenvalue weighted by molar-refractivity contribution is 6.30. The highest BCUT2D eigenvalue weighted by Crippen LogP contribution is 2.22. The van der Waals surface area contributed by atoms with E-state index in [4.69, 9.17) is 21.4 Å². The molecule has 0 fully saturated rings. The van der Waals surface area contributed by atoms with Gasteiger partial charge in [0.05, 0.1) is 24.7 Å². The number of aromatic nitrogens is 4. The van der Waals surface area contributed by atoms with Crippen molar-refractivity contribution < 1.29 is 19.0 Å². The SMILES string of the molecule is C[C@H](CC(=O)O)n1c(=O)[nH]/c(=N\c2ccc(Oc3cccc(F)n3)cc2)n(Cc2ccc(Cl)cc2)c1=O. The molecule has 0 spiro atoms. The average molecular weight is 526 g/mol. The van der Waals surface area contributed by atoms with Gasteiger partial charge in [0.15, 0.2) is 0 Å². The van der Waals surface area contributed by atoms with E-state index in [1.165, 1.54) is 29.7 Å². The minimum Gasteiger partial charge on any atom is -0.481 e. The van der Waals surface area contributed by atoms with Crippen LogP contribution in [0.25, 0.3) is 0 Å². The van der Waals surface area contributed by atoms with E-state index in [1.54, 1.807) is 48.5 Å².